The fraction of sp³-hybridized carbons (Fsp3) is 1.00. The van der Waals surface area contributed by atoms with Crippen LogP contribution in [0.3, 0.4) is 0 Å². The fourth-order valence-electron chi connectivity index (χ4n) is 3.59. The Morgan fingerprint density at radius 1 is 1.26 bits per heavy atom. The van der Waals surface area contributed by atoms with E-state index in [0.29, 0.717) is 18.3 Å². The van der Waals surface area contributed by atoms with Crippen molar-refractivity contribution in [2.45, 2.75) is 64.9 Å². The molecule has 19 heavy (non-hydrogen) atoms. The third-order valence-electron chi connectivity index (χ3n) is 5.01. The van der Waals surface area contributed by atoms with Crippen LogP contribution < -0.4 is 5.73 Å². The lowest BCUT2D eigenvalue weighted by Crippen LogP contribution is -2.74. The van der Waals surface area contributed by atoms with Crippen LogP contribution in [0.4, 0.5) is 0 Å². The van der Waals surface area contributed by atoms with E-state index in [2.05, 4.69) is 39.5 Å². The first-order chi connectivity index (χ1) is 8.78. The van der Waals surface area contributed by atoms with E-state index in [0.717, 1.165) is 32.7 Å². The Labute approximate surface area is 117 Å². The molecule has 2 rings (SSSR count). The predicted molar refractivity (Wildman–Crippen MR) is 77.2 cm³/mol. The van der Waals surface area contributed by atoms with Crippen molar-refractivity contribution >= 4 is 0 Å². The summed E-state index contributed by atoms with van der Waals surface area (Å²) in [7, 11) is 0. The van der Waals surface area contributed by atoms with Gasteiger partial charge in [0.25, 0.3) is 0 Å². The van der Waals surface area contributed by atoms with E-state index in [1.807, 2.05) is 0 Å². The molecule has 0 aromatic rings. The van der Waals surface area contributed by atoms with Crippen molar-refractivity contribution in [3.8, 4) is 0 Å². The molecule has 4 nitrogen and oxygen atoms in total. The Morgan fingerprint density at radius 3 is 2.32 bits per heavy atom. The zero-order valence-corrected chi connectivity index (χ0v) is 13.1. The SMILES string of the molecule is CCOC1CC(N)(CN2C[C@@H](C)O[C@@H](C)C2)C1(C)C. The Morgan fingerprint density at radius 2 is 1.84 bits per heavy atom. The summed E-state index contributed by atoms with van der Waals surface area (Å²) in [6, 6.07) is 0. The number of hydrogen-bond acceptors (Lipinski definition) is 4. The van der Waals surface area contributed by atoms with Gasteiger partial charge in [-0.3, -0.25) is 4.90 Å². The van der Waals surface area contributed by atoms with Gasteiger partial charge in [0, 0.05) is 37.2 Å². The first kappa shape index (κ1) is 15.2. The van der Waals surface area contributed by atoms with Gasteiger partial charge in [0.15, 0.2) is 0 Å². The lowest BCUT2D eigenvalue weighted by atomic mass is 9.54. The summed E-state index contributed by atoms with van der Waals surface area (Å²) in [6.45, 7) is 14.5. The van der Waals surface area contributed by atoms with Gasteiger partial charge in [0.1, 0.15) is 0 Å². The van der Waals surface area contributed by atoms with Crippen LogP contribution in [0.5, 0.6) is 0 Å². The average molecular weight is 270 g/mol. The van der Waals surface area contributed by atoms with Crippen LogP contribution in [0.2, 0.25) is 0 Å². The van der Waals surface area contributed by atoms with Crippen molar-refractivity contribution in [3.05, 3.63) is 0 Å². The van der Waals surface area contributed by atoms with Crippen LogP contribution in [0.1, 0.15) is 41.0 Å². The maximum Gasteiger partial charge on any atom is 0.0678 e. The molecule has 1 saturated heterocycles. The van der Waals surface area contributed by atoms with Gasteiger partial charge < -0.3 is 15.2 Å². The molecule has 1 aliphatic heterocycles. The highest BCUT2D eigenvalue weighted by atomic mass is 16.5. The zero-order chi connectivity index (χ0) is 14.3. The second kappa shape index (κ2) is 5.32. The van der Waals surface area contributed by atoms with E-state index >= 15 is 0 Å². The predicted octanol–water partition coefficient (Wildman–Crippen LogP) is 1.63. The Bertz CT molecular complexity index is 311. The van der Waals surface area contributed by atoms with E-state index < -0.39 is 0 Å². The molecule has 4 atom stereocenters. The van der Waals surface area contributed by atoms with Gasteiger partial charge in [0.05, 0.1) is 18.3 Å². The van der Waals surface area contributed by atoms with Crippen LogP contribution in [-0.2, 0) is 9.47 Å². The highest BCUT2D eigenvalue weighted by Gasteiger charge is 2.58. The summed E-state index contributed by atoms with van der Waals surface area (Å²) in [4.78, 5) is 2.46. The minimum absolute atomic E-state index is 0.0494. The third-order valence-corrected chi connectivity index (χ3v) is 5.01. The van der Waals surface area contributed by atoms with E-state index in [1.165, 1.54) is 0 Å². The lowest BCUT2D eigenvalue weighted by Gasteiger charge is -2.61. The normalized spacial score (nSPS) is 42.9. The molecule has 2 N–H and O–H groups in total. The number of nitrogens with zero attached hydrogens (tertiary/aromatic N) is 1. The van der Waals surface area contributed by atoms with Crippen molar-refractivity contribution in [1.29, 1.82) is 0 Å². The van der Waals surface area contributed by atoms with Crippen molar-refractivity contribution < 1.29 is 9.47 Å². The minimum Gasteiger partial charge on any atom is -0.378 e. The minimum atomic E-state index is -0.135. The molecule has 0 bridgehead atoms. The first-order valence-corrected chi connectivity index (χ1v) is 7.57. The van der Waals surface area contributed by atoms with Gasteiger partial charge >= 0.3 is 0 Å². The highest BCUT2D eigenvalue weighted by Crippen LogP contribution is 2.50. The second-order valence-electron chi connectivity index (χ2n) is 6.98. The maximum absolute atomic E-state index is 6.66. The molecule has 2 aliphatic rings. The van der Waals surface area contributed by atoms with Gasteiger partial charge in [-0.15, -0.1) is 0 Å². The maximum atomic E-state index is 6.66. The van der Waals surface area contributed by atoms with Gasteiger partial charge in [-0.25, -0.2) is 0 Å². The Kier molecular flexibility index (Phi) is 4.26. The number of rotatable bonds is 4. The summed E-state index contributed by atoms with van der Waals surface area (Å²) in [5, 5.41) is 0. The van der Waals surface area contributed by atoms with E-state index in [4.69, 9.17) is 15.2 Å². The van der Waals surface area contributed by atoms with Crippen LogP contribution in [0.25, 0.3) is 0 Å². The monoisotopic (exact) mass is 270 g/mol. The summed E-state index contributed by atoms with van der Waals surface area (Å²) in [5.41, 5.74) is 6.57. The molecule has 0 amide bonds. The van der Waals surface area contributed by atoms with Crippen molar-refractivity contribution in [2.75, 3.05) is 26.2 Å². The van der Waals surface area contributed by atoms with E-state index in [-0.39, 0.29) is 11.0 Å². The molecule has 1 saturated carbocycles. The number of nitrogens with two attached hydrogens (primary N) is 1. The molecule has 2 unspecified atom stereocenters. The van der Waals surface area contributed by atoms with Crippen LogP contribution in [0.15, 0.2) is 0 Å². The molecule has 0 radical (unpaired) electrons. The summed E-state index contributed by atoms with van der Waals surface area (Å²) < 4.78 is 11.6. The molecule has 0 spiro atoms. The average Bonchev–Trinajstić information content (AvgIpc) is 2.27. The van der Waals surface area contributed by atoms with Gasteiger partial charge in [-0.05, 0) is 27.2 Å². The number of morpholine rings is 1. The molecule has 1 heterocycles. The molecular weight excluding hydrogens is 240 g/mol. The quantitative estimate of drug-likeness (QED) is 0.843. The Hall–Kier alpha value is -0.160. The van der Waals surface area contributed by atoms with Crippen LogP contribution in [0, 0.1) is 5.41 Å². The third kappa shape index (κ3) is 2.82. The molecule has 112 valence electrons. The molecule has 0 aromatic heterocycles. The first-order valence-electron chi connectivity index (χ1n) is 7.57. The number of hydrogen-bond donors (Lipinski definition) is 1. The summed E-state index contributed by atoms with van der Waals surface area (Å²) in [5.74, 6) is 0. The summed E-state index contributed by atoms with van der Waals surface area (Å²) >= 11 is 0. The topological polar surface area (TPSA) is 47.7 Å². The summed E-state index contributed by atoms with van der Waals surface area (Å²) in [6.07, 6.45) is 1.88. The zero-order valence-electron chi connectivity index (χ0n) is 13.1. The molecule has 2 fully saturated rings. The molecule has 1 aliphatic carbocycles. The molecular formula is C15H30N2O2. The van der Waals surface area contributed by atoms with Gasteiger partial charge in [0.2, 0.25) is 0 Å². The Balaban J connectivity index is 1.95. The van der Waals surface area contributed by atoms with Gasteiger partial charge in [-0.1, -0.05) is 13.8 Å². The van der Waals surface area contributed by atoms with Gasteiger partial charge in [-0.2, -0.15) is 0 Å². The van der Waals surface area contributed by atoms with Crippen molar-refractivity contribution in [1.82, 2.24) is 4.90 Å². The highest BCUT2D eigenvalue weighted by molar-refractivity contribution is 5.15. The lowest BCUT2D eigenvalue weighted by molar-refractivity contribution is -0.165. The van der Waals surface area contributed by atoms with Crippen LogP contribution >= 0.6 is 0 Å². The van der Waals surface area contributed by atoms with Crippen LogP contribution in [-0.4, -0.2) is 55.0 Å². The van der Waals surface area contributed by atoms with E-state index in [1.54, 1.807) is 0 Å². The van der Waals surface area contributed by atoms with Crippen molar-refractivity contribution in [2.24, 2.45) is 11.1 Å². The molecule has 0 aromatic carbocycles. The largest absolute Gasteiger partial charge is 0.378 e. The fourth-order valence-corrected chi connectivity index (χ4v) is 3.59. The molecule has 4 heteroatoms. The smallest absolute Gasteiger partial charge is 0.0678 e. The van der Waals surface area contributed by atoms with E-state index in [9.17, 15) is 0 Å². The second-order valence-corrected chi connectivity index (χ2v) is 6.98. The van der Waals surface area contributed by atoms with Crippen molar-refractivity contribution in [3.63, 3.8) is 0 Å². The standard InChI is InChI=1S/C15H30N2O2/c1-6-18-13-7-15(16,14(13,4)5)10-17-8-11(2)19-12(3)9-17/h11-13H,6-10,16H2,1-5H3/t11-,12+,13?,15?. The number of ether oxygens (including phenoxy) is 2.